The molecule has 2 nitrogen and oxygen atoms in total. The van der Waals surface area contributed by atoms with E-state index in [4.69, 9.17) is 0 Å². The molecule has 0 atom stereocenters. The Morgan fingerprint density at radius 3 is 2.38 bits per heavy atom. The molecule has 0 bridgehead atoms. The summed E-state index contributed by atoms with van der Waals surface area (Å²) in [5.41, 5.74) is 0. The van der Waals surface area contributed by atoms with Crippen molar-refractivity contribution in [2.24, 2.45) is 0 Å². The molecule has 0 heterocycles. The molecular formula is C11H23NO. The molecule has 0 aromatic rings. The largest absolute Gasteiger partial charge is 0.393 e. The molecular weight excluding hydrogens is 162 g/mol. The third kappa shape index (κ3) is 3.65. The summed E-state index contributed by atoms with van der Waals surface area (Å²) in [5.74, 6) is 0. The van der Waals surface area contributed by atoms with E-state index >= 15 is 0 Å². The van der Waals surface area contributed by atoms with Crippen molar-refractivity contribution in [3.05, 3.63) is 0 Å². The monoisotopic (exact) mass is 185 g/mol. The number of hydrogen-bond donors (Lipinski definition) is 1. The zero-order valence-corrected chi connectivity index (χ0v) is 9.00. The predicted octanol–water partition coefficient (Wildman–Crippen LogP) is 2.02. The van der Waals surface area contributed by atoms with Crippen molar-refractivity contribution >= 4 is 0 Å². The first-order valence-corrected chi connectivity index (χ1v) is 5.62. The van der Waals surface area contributed by atoms with Crippen molar-refractivity contribution < 1.29 is 5.11 Å². The summed E-state index contributed by atoms with van der Waals surface area (Å²) in [6.07, 6.45) is 6.93. The van der Waals surface area contributed by atoms with E-state index in [1.807, 2.05) is 0 Å². The highest BCUT2D eigenvalue weighted by molar-refractivity contribution is 4.77. The fourth-order valence-corrected chi connectivity index (χ4v) is 2.09. The maximum atomic E-state index is 9.37. The second-order valence-corrected chi connectivity index (χ2v) is 4.30. The summed E-state index contributed by atoms with van der Waals surface area (Å²) in [4.78, 5) is 2.47. The number of aliphatic hydroxyl groups excluding tert-OH is 1. The van der Waals surface area contributed by atoms with Gasteiger partial charge in [-0.1, -0.05) is 13.3 Å². The summed E-state index contributed by atoms with van der Waals surface area (Å²) in [5, 5.41) is 9.37. The lowest BCUT2D eigenvalue weighted by molar-refractivity contribution is 0.0838. The van der Waals surface area contributed by atoms with Crippen LogP contribution in [0.3, 0.4) is 0 Å². The molecule has 1 rings (SSSR count). The average molecular weight is 185 g/mol. The standard InChI is InChI=1S/C11H23NO/c1-3-4-9-12(2)10-5-7-11(13)8-6-10/h10-11,13H,3-9H2,1-2H3. The quantitative estimate of drug-likeness (QED) is 0.724. The van der Waals surface area contributed by atoms with Crippen molar-refractivity contribution in [3.63, 3.8) is 0 Å². The molecule has 13 heavy (non-hydrogen) atoms. The lowest BCUT2D eigenvalue weighted by atomic mass is 9.92. The second kappa shape index (κ2) is 5.61. The lowest BCUT2D eigenvalue weighted by Crippen LogP contribution is -2.36. The number of aliphatic hydroxyl groups is 1. The highest BCUT2D eigenvalue weighted by atomic mass is 16.3. The number of nitrogens with zero attached hydrogens (tertiary/aromatic N) is 1. The van der Waals surface area contributed by atoms with Gasteiger partial charge in [0.05, 0.1) is 6.10 Å². The predicted molar refractivity (Wildman–Crippen MR) is 55.8 cm³/mol. The fourth-order valence-electron chi connectivity index (χ4n) is 2.09. The fraction of sp³-hybridized carbons (Fsp3) is 1.00. The smallest absolute Gasteiger partial charge is 0.0541 e. The van der Waals surface area contributed by atoms with Gasteiger partial charge in [-0.3, -0.25) is 0 Å². The third-order valence-corrected chi connectivity index (χ3v) is 3.15. The molecule has 1 fully saturated rings. The number of unbranched alkanes of at least 4 members (excludes halogenated alkanes) is 1. The SMILES string of the molecule is CCCCN(C)C1CCC(O)CC1. The van der Waals surface area contributed by atoms with Crippen LogP contribution < -0.4 is 0 Å². The van der Waals surface area contributed by atoms with E-state index in [0.717, 1.165) is 18.9 Å². The molecule has 1 saturated carbocycles. The molecule has 0 saturated heterocycles. The normalized spacial score (nSPS) is 29.5. The highest BCUT2D eigenvalue weighted by Gasteiger charge is 2.21. The van der Waals surface area contributed by atoms with Crippen LogP contribution in [0.25, 0.3) is 0 Å². The zero-order chi connectivity index (χ0) is 9.68. The van der Waals surface area contributed by atoms with E-state index in [1.165, 1.54) is 32.2 Å². The van der Waals surface area contributed by atoms with Crippen LogP contribution in [0.15, 0.2) is 0 Å². The van der Waals surface area contributed by atoms with Gasteiger partial charge in [0, 0.05) is 6.04 Å². The number of hydrogen-bond acceptors (Lipinski definition) is 2. The van der Waals surface area contributed by atoms with Gasteiger partial charge in [0.25, 0.3) is 0 Å². The second-order valence-electron chi connectivity index (χ2n) is 4.30. The molecule has 1 aliphatic carbocycles. The first kappa shape index (κ1) is 11.0. The minimum absolute atomic E-state index is 0.0178. The summed E-state index contributed by atoms with van der Waals surface area (Å²) in [6, 6.07) is 0.731. The van der Waals surface area contributed by atoms with Gasteiger partial charge in [0.2, 0.25) is 0 Å². The Morgan fingerprint density at radius 1 is 1.23 bits per heavy atom. The average Bonchev–Trinajstić information content (AvgIpc) is 2.15. The Balaban J connectivity index is 2.19. The van der Waals surface area contributed by atoms with E-state index in [-0.39, 0.29) is 6.10 Å². The molecule has 78 valence electrons. The molecule has 0 radical (unpaired) electrons. The van der Waals surface area contributed by atoms with Gasteiger partial charge in [0.1, 0.15) is 0 Å². The highest BCUT2D eigenvalue weighted by Crippen LogP contribution is 2.22. The van der Waals surface area contributed by atoms with Crippen molar-refractivity contribution in [2.45, 2.75) is 57.6 Å². The van der Waals surface area contributed by atoms with Gasteiger partial charge in [-0.2, -0.15) is 0 Å². The summed E-state index contributed by atoms with van der Waals surface area (Å²) < 4.78 is 0. The van der Waals surface area contributed by atoms with Crippen LogP contribution >= 0.6 is 0 Å². The minimum Gasteiger partial charge on any atom is -0.393 e. The molecule has 1 N–H and O–H groups in total. The van der Waals surface area contributed by atoms with Crippen LogP contribution in [-0.2, 0) is 0 Å². The van der Waals surface area contributed by atoms with Gasteiger partial charge in [0.15, 0.2) is 0 Å². The first-order valence-electron chi connectivity index (χ1n) is 5.62. The van der Waals surface area contributed by atoms with Gasteiger partial charge < -0.3 is 10.0 Å². The summed E-state index contributed by atoms with van der Waals surface area (Å²) in [6.45, 7) is 3.45. The van der Waals surface area contributed by atoms with Crippen molar-refractivity contribution in [3.8, 4) is 0 Å². The Bertz CT molecular complexity index is 130. The lowest BCUT2D eigenvalue weighted by Gasteiger charge is -2.33. The first-order chi connectivity index (χ1) is 6.24. The van der Waals surface area contributed by atoms with E-state index in [2.05, 4.69) is 18.9 Å². The molecule has 0 aromatic carbocycles. The van der Waals surface area contributed by atoms with Crippen molar-refractivity contribution in [1.29, 1.82) is 0 Å². The molecule has 2 heteroatoms. The van der Waals surface area contributed by atoms with E-state index in [9.17, 15) is 5.11 Å². The van der Waals surface area contributed by atoms with Gasteiger partial charge in [-0.05, 0) is 45.7 Å². The summed E-state index contributed by atoms with van der Waals surface area (Å²) >= 11 is 0. The molecule has 0 spiro atoms. The minimum atomic E-state index is -0.0178. The topological polar surface area (TPSA) is 23.5 Å². The van der Waals surface area contributed by atoms with Gasteiger partial charge in [-0.15, -0.1) is 0 Å². The van der Waals surface area contributed by atoms with Crippen molar-refractivity contribution in [2.75, 3.05) is 13.6 Å². The molecule has 0 aromatic heterocycles. The maximum Gasteiger partial charge on any atom is 0.0541 e. The van der Waals surface area contributed by atoms with Crippen LogP contribution in [0.2, 0.25) is 0 Å². The van der Waals surface area contributed by atoms with E-state index < -0.39 is 0 Å². The molecule has 0 amide bonds. The molecule has 0 aliphatic heterocycles. The van der Waals surface area contributed by atoms with Crippen LogP contribution in [0.4, 0.5) is 0 Å². The van der Waals surface area contributed by atoms with Crippen molar-refractivity contribution in [1.82, 2.24) is 4.90 Å². The number of rotatable bonds is 4. The van der Waals surface area contributed by atoms with E-state index in [0.29, 0.717) is 0 Å². The maximum absolute atomic E-state index is 9.37. The molecule has 0 unspecified atom stereocenters. The van der Waals surface area contributed by atoms with Crippen LogP contribution in [-0.4, -0.2) is 35.7 Å². The van der Waals surface area contributed by atoms with Crippen LogP contribution in [0.5, 0.6) is 0 Å². The Labute approximate surface area is 81.9 Å². The summed E-state index contributed by atoms with van der Waals surface area (Å²) in [7, 11) is 2.22. The Kier molecular flexibility index (Phi) is 4.74. The van der Waals surface area contributed by atoms with Crippen LogP contribution in [0.1, 0.15) is 45.4 Å². The zero-order valence-electron chi connectivity index (χ0n) is 9.00. The molecule has 1 aliphatic rings. The Hall–Kier alpha value is -0.0800. The van der Waals surface area contributed by atoms with Crippen LogP contribution in [0, 0.1) is 0 Å². The van der Waals surface area contributed by atoms with Gasteiger partial charge >= 0.3 is 0 Å². The Morgan fingerprint density at radius 2 is 1.85 bits per heavy atom. The third-order valence-electron chi connectivity index (χ3n) is 3.15. The van der Waals surface area contributed by atoms with Gasteiger partial charge in [-0.25, -0.2) is 0 Å². The van der Waals surface area contributed by atoms with E-state index in [1.54, 1.807) is 0 Å².